The number of hydrogen-bond donors (Lipinski definition) is 2. The second-order valence-electron chi connectivity index (χ2n) is 7.44. The van der Waals surface area contributed by atoms with E-state index >= 15 is 0 Å². The number of benzene rings is 2. The Morgan fingerprint density at radius 2 is 1.97 bits per heavy atom. The van der Waals surface area contributed by atoms with Crippen LogP contribution in [0.5, 0.6) is 0 Å². The van der Waals surface area contributed by atoms with Crippen molar-refractivity contribution in [1.82, 2.24) is 15.1 Å². The zero-order valence-electron chi connectivity index (χ0n) is 17.0. The van der Waals surface area contributed by atoms with Gasteiger partial charge in [-0.3, -0.25) is 4.79 Å². The highest BCUT2D eigenvalue weighted by atomic mass is 32.1. The molecule has 1 aliphatic rings. The molecular weight excluding hydrogens is 417 g/mol. The van der Waals surface area contributed by atoms with Crippen molar-refractivity contribution in [3.63, 3.8) is 0 Å². The molecule has 1 fully saturated rings. The third-order valence-corrected chi connectivity index (χ3v) is 6.25. The average molecular weight is 440 g/mol. The predicted octanol–water partition coefficient (Wildman–Crippen LogP) is 4.65. The lowest BCUT2D eigenvalue weighted by Gasteiger charge is -2.31. The molecule has 3 amide bonds. The van der Waals surface area contributed by atoms with Gasteiger partial charge >= 0.3 is 6.03 Å². The van der Waals surface area contributed by atoms with Crippen molar-refractivity contribution in [2.24, 2.45) is 0 Å². The molecule has 1 aliphatic heterocycles. The molecule has 0 spiro atoms. The number of para-hydroxylation sites is 1. The normalized spacial score (nSPS) is 16.1. The van der Waals surface area contributed by atoms with Crippen LogP contribution in [0.25, 0.3) is 0 Å². The maximum absolute atomic E-state index is 13.3. The number of anilines is 2. The van der Waals surface area contributed by atoms with E-state index in [0.29, 0.717) is 18.8 Å². The van der Waals surface area contributed by atoms with Crippen molar-refractivity contribution < 1.29 is 14.0 Å². The number of carbonyl (C=O) groups excluding carboxylic acids is 2. The number of carbonyl (C=O) groups is 2. The van der Waals surface area contributed by atoms with Crippen LogP contribution in [-0.4, -0.2) is 40.1 Å². The lowest BCUT2D eigenvalue weighted by Crippen LogP contribution is -2.41. The summed E-state index contributed by atoms with van der Waals surface area (Å²) in [6.07, 6.45) is 1.71. The van der Waals surface area contributed by atoms with E-state index in [-0.39, 0.29) is 17.0 Å². The van der Waals surface area contributed by atoms with Crippen molar-refractivity contribution in [1.29, 1.82) is 0 Å². The third-order valence-electron chi connectivity index (χ3n) is 5.16. The quantitative estimate of drug-likeness (QED) is 0.620. The summed E-state index contributed by atoms with van der Waals surface area (Å²) in [7, 11) is 0. The van der Waals surface area contributed by atoms with Gasteiger partial charge in [-0.05, 0) is 49.6 Å². The summed E-state index contributed by atoms with van der Waals surface area (Å²) >= 11 is 1.20. The SMILES string of the molecule is Cc1ccccc1NC(=O)N1CCC[C@@H](c2nnc(C(=O)Nc3cccc(F)c3)s2)C1. The number of hydrogen-bond acceptors (Lipinski definition) is 5. The molecule has 0 unspecified atom stereocenters. The Bertz CT molecular complexity index is 1100. The van der Waals surface area contributed by atoms with Crippen LogP contribution >= 0.6 is 11.3 Å². The molecule has 2 heterocycles. The van der Waals surface area contributed by atoms with Crippen molar-refractivity contribution >= 4 is 34.6 Å². The van der Waals surface area contributed by atoms with Gasteiger partial charge in [0.2, 0.25) is 5.01 Å². The van der Waals surface area contributed by atoms with Gasteiger partial charge in [0.25, 0.3) is 5.91 Å². The molecule has 2 aromatic carbocycles. The van der Waals surface area contributed by atoms with Gasteiger partial charge in [0, 0.05) is 30.4 Å². The highest BCUT2D eigenvalue weighted by Gasteiger charge is 2.28. The summed E-state index contributed by atoms with van der Waals surface area (Å²) < 4.78 is 13.3. The standard InChI is InChI=1S/C22H22FN5O2S/c1-14-6-2-3-10-18(14)25-22(30)28-11-5-7-15(13-28)20-26-27-21(31-20)19(29)24-17-9-4-8-16(23)12-17/h2-4,6,8-10,12,15H,5,7,11,13H2,1H3,(H,24,29)(H,25,30)/t15-/m1/s1. The number of piperidine rings is 1. The van der Waals surface area contributed by atoms with E-state index in [4.69, 9.17) is 0 Å². The van der Waals surface area contributed by atoms with Crippen LogP contribution < -0.4 is 10.6 Å². The molecule has 7 nitrogen and oxygen atoms in total. The number of urea groups is 1. The minimum Gasteiger partial charge on any atom is -0.324 e. The number of nitrogens with zero attached hydrogens (tertiary/aromatic N) is 3. The minimum absolute atomic E-state index is 0.0181. The zero-order chi connectivity index (χ0) is 21.8. The van der Waals surface area contributed by atoms with E-state index in [1.807, 2.05) is 31.2 Å². The Hall–Kier alpha value is -3.33. The largest absolute Gasteiger partial charge is 0.324 e. The lowest BCUT2D eigenvalue weighted by molar-refractivity contribution is 0.102. The summed E-state index contributed by atoms with van der Waals surface area (Å²) in [4.78, 5) is 26.9. The number of aromatic nitrogens is 2. The van der Waals surface area contributed by atoms with Crippen LogP contribution in [0.15, 0.2) is 48.5 Å². The maximum Gasteiger partial charge on any atom is 0.321 e. The van der Waals surface area contributed by atoms with E-state index in [1.165, 1.54) is 29.5 Å². The van der Waals surface area contributed by atoms with Gasteiger partial charge in [-0.15, -0.1) is 10.2 Å². The van der Waals surface area contributed by atoms with E-state index in [0.717, 1.165) is 29.1 Å². The van der Waals surface area contributed by atoms with Crippen LogP contribution in [-0.2, 0) is 0 Å². The molecule has 0 radical (unpaired) electrons. The van der Waals surface area contributed by atoms with Crippen molar-refractivity contribution in [3.05, 3.63) is 69.9 Å². The van der Waals surface area contributed by atoms with Crippen molar-refractivity contribution in [3.8, 4) is 0 Å². The van der Waals surface area contributed by atoms with Gasteiger partial charge in [0.1, 0.15) is 10.8 Å². The van der Waals surface area contributed by atoms with E-state index in [2.05, 4.69) is 20.8 Å². The topological polar surface area (TPSA) is 87.2 Å². The number of halogens is 1. The van der Waals surface area contributed by atoms with Crippen LogP contribution in [0.1, 0.15) is 39.1 Å². The number of aryl methyl sites for hydroxylation is 1. The zero-order valence-corrected chi connectivity index (χ0v) is 17.8. The second-order valence-corrected chi connectivity index (χ2v) is 8.45. The Labute approximate surface area is 183 Å². The number of amides is 3. The summed E-state index contributed by atoms with van der Waals surface area (Å²) in [5.74, 6) is -0.842. The van der Waals surface area contributed by atoms with Gasteiger partial charge < -0.3 is 15.5 Å². The van der Waals surface area contributed by atoms with Crippen molar-refractivity contribution in [2.75, 3.05) is 23.7 Å². The fourth-order valence-electron chi connectivity index (χ4n) is 3.51. The Morgan fingerprint density at radius 3 is 2.77 bits per heavy atom. The summed E-state index contributed by atoms with van der Waals surface area (Å²) in [6.45, 7) is 3.13. The second kappa shape index (κ2) is 9.22. The molecule has 1 atom stereocenters. The first-order valence-corrected chi connectivity index (χ1v) is 10.8. The Morgan fingerprint density at radius 1 is 1.13 bits per heavy atom. The molecule has 0 aliphatic carbocycles. The Kier molecular flexibility index (Phi) is 6.22. The lowest BCUT2D eigenvalue weighted by atomic mass is 9.99. The molecule has 4 rings (SSSR count). The molecule has 1 aromatic heterocycles. The smallest absolute Gasteiger partial charge is 0.321 e. The van der Waals surface area contributed by atoms with Gasteiger partial charge in [0.15, 0.2) is 0 Å². The van der Waals surface area contributed by atoms with Gasteiger partial charge in [-0.1, -0.05) is 35.6 Å². The monoisotopic (exact) mass is 439 g/mol. The molecule has 0 bridgehead atoms. The first-order valence-electron chi connectivity index (χ1n) is 10.0. The van der Waals surface area contributed by atoms with Crippen LogP contribution in [0.4, 0.5) is 20.6 Å². The third kappa shape index (κ3) is 5.05. The molecule has 2 N–H and O–H groups in total. The predicted molar refractivity (Wildman–Crippen MR) is 118 cm³/mol. The fourth-order valence-corrected chi connectivity index (χ4v) is 4.38. The summed E-state index contributed by atoms with van der Waals surface area (Å²) in [5.41, 5.74) is 2.16. The average Bonchev–Trinajstić information content (AvgIpc) is 3.26. The summed E-state index contributed by atoms with van der Waals surface area (Å²) in [6, 6.07) is 13.2. The molecule has 160 valence electrons. The molecule has 0 saturated carbocycles. The van der Waals surface area contributed by atoms with E-state index < -0.39 is 11.7 Å². The van der Waals surface area contributed by atoms with Crippen LogP contribution in [0, 0.1) is 12.7 Å². The maximum atomic E-state index is 13.3. The van der Waals surface area contributed by atoms with Crippen LogP contribution in [0.3, 0.4) is 0 Å². The highest BCUT2D eigenvalue weighted by molar-refractivity contribution is 7.13. The van der Waals surface area contributed by atoms with E-state index in [9.17, 15) is 14.0 Å². The molecule has 9 heteroatoms. The van der Waals surface area contributed by atoms with Crippen LogP contribution in [0.2, 0.25) is 0 Å². The minimum atomic E-state index is -0.431. The summed E-state index contributed by atoms with van der Waals surface area (Å²) in [5, 5.41) is 14.7. The van der Waals surface area contributed by atoms with Gasteiger partial charge in [-0.25, -0.2) is 9.18 Å². The van der Waals surface area contributed by atoms with Gasteiger partial charge in [-0.2, -0.15) is 0 Å². The fraction of sp³-hybridized carbons (Fsp3) is 0.273. The molecule has 1 saturated heterocycles. The van der Waals surface area contributed by atoms with Crippen molar-refractivity contribution in [2.45, 2.75) is 25.7 Å². The molecular formula is C22H22FN5O2S. The highest BCUT2D eigenvalue weighted by Crippen LogP contribution is 2.30. The van der Waals surface area contributed by atoms with E-state index in [1.54, 1.807) is 11.0 Å². The number of nitrogens with one attached hydrogen (secondary N) is 2. The Balaban J connectivity index is 1.39. The number of rotatable bonds is 4. The number of likely N-dealkylation sites (tertiary alicyclic amines) is 1. The van der Waals surface area contributed by atoms with Gasteiger partial charge in [0.05, 0.1) is 0 Å². The molecule has 31 heavy (non-hydrogen) atoms. The first kappa shape index (κ1) is 20.9. The molecule has 3 aromatic rings. The first-order chi connectivity index (χ1) is 15.0.